The molecule has 1 unspecified atom stereocenters. The Morgan fingerprint density at radius 2 is 1.36 bits per heavy atom. The van der Waals surface area contributed by atoms with Crippen LogP contribution in [0.5, 0.6) is 0 Å². The van der Waals surface area contributed by atoms with Crippen LogP contribution < -0.4 is 5.43 Å². The van der Waals surface area contributed by atoms with Gasteiger partial charge in [0.1, 0.15) is 0 Å². The molecule has 2 heteroatoms. The molecule has 2 fully saturated rings. The predicted octanol–water partition coefficient (Wildman–Crippen LogP) is 5.82. The number of nitrogens with zero attached hydrogens (tertiary/aromatic N) is 1. The van der Waals surface area contributed by atoms with Crippen molar-refractivity contribution >= 4 is 0 Å². The summed E-state index contributed by atoms with van der Waals surface area (Å²) in [6.45, 7) is 4.67. The minimum atomic E-state index is 0.704. The van der Waals surface area contributed by atoms with Crippen LogP contribution in [0.25, 0.3) is 0 Å². The second-order valence-electron chi connectivity index (χ2n) is 7.72. The Bertz CT molecular complexity index is 249. The lowest BCUT2D eigenvalue weighted by atomic mass is 9.90. The van der Waals surface area contributed by atoms with Gasteiger partial charge in [0.2, 0.25) is 0 Å². The molecule has 0 radical (unpaired) electrons. The van der Waals surface area contributed by atoms with Crippen LogP contribution in [0.4, 0.5) is 0 Å². The van der Waals surface area contributed by atoms with E-state index in [1.807, 2.05) is 0 Å². The Kier molecular flexibility index (Phi) is 8.84. The molecule has 0 aromatic carbocycles. The predicted molar refractivity (Wildman–Crippen MR) is 96.9 cm³/mol. The highest BCUT2D eigenvalue weighted by Gasteiger charge is 2.29. The van der Waals surface area contributed by atoms with Crippen molar-refractivity contribution in [3.8, 4) is 0 Å². The van der Waals surface area contributed by atoms with Crippen molar-refractivity contribution in [3.05, 3.63) is 0 Å². The highest BCUT2D eigenvalue weighted by atomic mass is 15.5. The van der Waals surface area contributed by atoms with E-state index in [2.05, 4.69) is 24.3 Å². The van der Waals surface area contributed by atoms with E-state index >= 15 is 0 Å². The van der Waals surface area contributed by atoms with Gasteiger partial charge >= 0.3 is 0 Å². The molecule has 2 aliphatic rings. The minimum Gasteiger partial charge on any atom is -0.252 e. The van der Waals surface area contributed by atoms with Gasteiger partial charge in [-0.05, 0) is 38.5 Å². The fourth-order valence-corrected chi connectivity index (χ4v) is 4.44. The van der Waals surface area contributed by atoms with E-state index in [4.69, 9.17) is 0 Å². The van der Waals surface area contributed by atoms with E-state index in [0.29, 0.717) is 6.04 Å². The van der Waals surface area contributed by atoms with E-state index in [9.17, 15) is 0 Å². The fraction of sp³-hybridized carbons (Fsp3) is 1.00. The largest absolute Gasteiger partial charge is 0.252 e. The average molecular weight is 309 g/mol. The van der Waals surface area contributed by atoms with Crippen LogP contribution in [-0.2, 0) is 0 Å². The summed E-state index contributed by atoms with van der Waals surface area (Å²) in [7, 11) is 0. The van der Waals surface area contributed by atoms with Gasteiger partial charge in [0.05, 0.1) is 0 Å². The zero-order valence-electron chi connectivity index (χ0n) is 15.3. The molecule has 0 heterocycles. The maximum atomic E-state index is 4.04. The monoisotopic (exact) mass is 308 g/mol. The second kappa shape index (κ2) is 10.6. The Labute approximate surface area is 139 Å². The number of hydrogen-bond acceptors (Lipinski definition) is 2. The van der Waals surface area contributed by atoms with Gasteiger partial charge in [-0.2, -0.15) is 0 Å². The van der Waals surface area contributed by atoms with Crippen LogP contribution in [0.3, 0.4) is 0 Å². The first-order chi connectivity index (χ1) is 10.8. The topological polar surface area (TPSA) is 15.3 Å². The summed E-state index contributed by atoms with van der Waals surface area (Å²) < 4.78 is 0. The van der Waals surface area contributed by atoms with Gasteiger partial charge in [-0.15, -0.1) is 0 Å². The first-order valence-electron chi connectivity index (χ1n) is 10.4. The fourth-order valence-electron chi connectivity index (χ4n) is 4.44. The average Bonchev–Trinajstić information content (AvgIpc) is 2.59. The third-order valence-corrected chi connectivity index (χ3v) is 5.92. The summed E-state index contributed by atoms with van der Waals surface area (Å²) in [5.41, 5.74) is 4.04. The molecule has 0 aromatic rings. The molecule has 2 aliphatic carbocycles. The Hall–Kier alpha value is -0.0800. The van der Waals surface area contributed by atoms with Crippen molar-refractivity contribution in [3.63, 3.8) is 0 Å². The standard InChI is InChI=1S/C20H40N2/c1-3-5-8-13-18(4-2)21-22(19-14-9-6-10-15-19)20-16-11-7-12-17-20/h18-21H,3-17H2,1-2H3. The Morgan fingerprint density at radius 3 is 1.82 bits per heavy atom. The highest BCUT2D eigenvalue weighted by molar-refractivity contribution is 4.83. The third kappa shape index (κ3) is 5.85. The molecule has 0 amide bonds. The van der Waals surface area contributed by atoms with Gasteiger partial charge in [-0.1, -0.05) is 71.6 Å². The molecule has 2 rings (SSSR count). The molecule has 22 heavy (non-hydrogen) atoms. The summed E-state index contributed by atoms with van der Waals surface area (Å²) in [6, 6.07) is 2.34. The normalized spacial score (nSPS) is 23.0. The highest BCUT2D eigenvalue weighted by Crippen LogP contribution is 2.29. The van der Waals surface area contributed by atoms with Gasteiger partial charge < -0.3 is 0 Å². The summed E-state index contributed by atoms with van der Waals surface area (Å²) in [5, 5.41) is 2.78. The van der Waals surface area contributed by atoms with Gasteiger partial charge in [0, 0.05) is 18.1 Å². The van der Waals surface area contributed by atoms with Crippen LogP contribution in [0, 0.1) is 0 Å². The molecule has 0 saturated heterocycles. The molecule has 1 atom stereocenters. The number of rotatable bonds is 9. The molecular weight excluding hydrogens is 268 g/mol. The maximum absolute atomic E-state index is 4.04. The van der Waals surface area contributed by atoms with Crippen LogP contribution in [-0.4, -0.2) is 23.1 Å². The quantitative estimate of drug-likeness (QED) is 0.426. The molecule has 1 N–H and O–H groups in total. The van der Waals surface area contributed by atoms with E-state index in [1.165, 1.54) is 96.3 Å². The Balaban J connectivity index is 1.92. The van der Waals surface area contributed by atoms with Crippen molar-refractivity contribution in [2.24, 2.45) is 0 Å². The van der Waals surface area contributed by atoms with Crippen molar-refractivity contribution < 1.29 is 0 Å². The number of hydrogen-bond donors (Lipinski definition) is 1. The van der Waals surface area contributed by atoms with Crippen LogP contribution in [0.2, 0.25) is 0 Å². The lowest BCUT2D eigenvalue weighted by Gasteiger charge is -2.43. The van der Waals surface area contributed by atoms with Gasteiger partial charge in [-0.25, -0.2) is 5.01 Å². The van der Waals surface area contributed by atoms with Crippen molar-refractivity contribution in [2.75, 3.05) is 0 Å². The van der Waals surface area contributed by atoms with E-state index in [1.54, 1.807) is 0 Å². The first kappa shape index (κ1) is 18.3. The molecule has 0 aromatic heterocycles. The second-order valence-corrected chi connectivity index (χ2v) is 7.72. The van der Waals surface area contributed by atoms with E-state index in [-0.39, 0.29) is 0 Å². The zero-order chi connectivity index (χ0) is 15.6. The van der Waals surface area contributed by atoms with Gasteiger partial charge in [0.15, 0.2) is 0 Å². The molecule has 0 spiro atoms. The van der Waals surface area contributed by atoms with Crippen molar-refractivity contribution in [2.45, 2.75) is 128 Å². The van der Waals surface area contributed by atoms with Gasteiger partial charge in [0.25, 0.3) is 0 Å². The number of nitrogens with one attached hydrogen (secondary N) is 1. The zero-order valence-corrected chi connectivity index (χ0v) is 15.3. The van der Waals surface area contributed by atoms with E-state index < -0.39 is 0 Å². The Morgan fingerprint density at radius 1 is 0.818 bits per heavy atom. The summed E-state index contributed by atoms with van der Waals surface area (Å²) >= 11 is 0. The van der Waals surface area contributed by atoms with Crippen LogP contribution >= 0.6 is 0 Å². The molecule has 130 valence electrons. The lowest BCUT2D eigenvalue weighted by molar-refractivity contribution is 0.0118. The van der Waals surface area contributed by atoms with E-state index in [0.717, 1.165) is 12.1 Å². The molecule has 0 aliphatic heterocycles. The maximum Gasteiger partial charge on any atom is 0.0246 e. The molecule has 0 bridgehead atoms. The smallest absolute Gasteiger partial charge is 0.0246 e. The SMILES string of the molecule is CCCCCC(CC)NN(C1CCCCC1)C1CCCCC1. The summed E-state index contributed by atoms with van der Waals surface area (Å²) in [6.07, 6.45) is 21.2. The number of hydrazine groups is 1. The minimum absolute atomic E-state index is 0.704. The van der Waals surface area contributed by atoms with Crippen molar-refractivity contribution in [1.82, 2.24) is 10.4 Å². The first-order valence-corrected chi connectivity index (χ1v) is 10.4. The molecule has 2 saturated carbocycles. The summed E-state index contributed by atoms with van der Waals surface area (Å²) in [4.78, 5) is 0. The molecular formula is C20H40N2. The van der Waals surface area contributed by atoms with Gasteiger partial charge in [-0.3, -0.25) is 5.43 Å². The van der Waals surface area contributed by atoms with Crippen LogP contribution in [0.15, 0.2) is 0 Å². The van der Waals surface area contributed by atoms with Crippen LogP contribution in [0.1, 0.15) is 110 Å². The summed E-state index contributed by atoms with van der Waals surface area (Å²) in [5.74, 6) is 0. The number of unbranched alkanes of at least 4 members (excludes halogenated alkanes) is 2. The lowest BCUT2D eigenvalue weighted by Crippen LogP contribution is -2.56. The molecule has 2 nitrogen and oxygen atoms in total. The third-order valence-electron chi connectivity index (χ3n) is 5.92. The van der Waals surface area contributed by atoms with Crippen molar-refractivity contribution in [1.29, 1.82) is 0 Å².